The first-order valence-electron chi connectivity index (χ1n) is 7.55. The molecule has 1 aromatic carbocycles. The second-order valence-electron chi connectivity index (χ2n) is 6.14. The third-order valence-corrected chi connectivity index (χ3v) is 4.09. The highest BCUT2D eigenvalue weighted by Gasteiger charge is 2.44. The molecule has 0 saturated carbocycles. The maximum Gasteiger partial charge on any atom is 0.245 e. The summed E-state index contributed by atoms with van der Waals surface area (Å²) in [7, 11) is 0. The summed E-state index contributed by atoms with van der Waals surface area (Å²) in [6.45, 7) is 3.75. The Kier molecular flexibility index (Phi) is 3.81. The zero-order chi connectivity index (χ0) is 17.3. The Labute approximate surface area is 139 Å². The molecular weight excluding hydrogens is 306 g/mol. The summed E-state index contributed by atoms with van der Waals surface area (Å²) in [5.74, 6) is -0.0821. The fourth-order valence-corrected chi connectivity index (χ4v) is 2.87. The first-order valence-corrected chi connectivity index (χ1v) is 7.55. The van der Waals surface area contributed by atoms with Crippen molar-refractivity contribution in [3.8, 4) is 6.07 Å². The predicted octanol–water partition coefficient (Wildman–Crippen LogP) is 1.67. The summed E-state index contributed by atoms with van der Waals surface area (Å²) in [4.78, 5) is 26.4. The standard InChI is InChI=1S/C17H17N5O2/c1-17(2)12-5-3-4-6-13(12)22(16(17)24)11-15(23)19-14-7-9-21(20-14)10-8-18/h3-7,9H,10-11H2,1-2H3,(H,19,20,23). The average molecular weight is 323 g/mol. The smallest absolute Gasteiger partial charge is 0.245 e. The molecule has 1 aromatic heterocycles. The molecular formula is C17H17N5O2. The van der Waals surface area contributed by atoms with Gasteiger partial charge < -0.3 is 10.2 Å². The monoisotopic (exact) mass is 323 g/mol. The molecule has 122 valence electrons. The highest BCUT2D eigenvalue weighted by atomic mass is 16.2. The van der Waals surface area contributed by atoms with Gasteiger partial charge in [0.25, 0.3) is 0 Å². The van der Waals surface area contributed by atoms with Gasteiger partial charge in [-0.15, -0.1) is 0 Å². The number of hydrogen-bond donors (Lipinski definition) is 1. The van der Waals surface area contributed by atoms with E-state index in [-0.39, 0.29) is 24.9 Å². The van der Waals surface area contributed by atoms with Crippen LogP contribution in [0.15, 0.2) is 36.5 Å². The fraction of sp³-hybridized carbons (Fsp3) is 0.294. The highest BCUT2D eigenvalue weighted by Crippen LogP contribution is 2.40. The molecule has 0 unspecified atom stereocenters. The number of carbonyl (C=O) groups excluding carboxylic acids is 2. The zero-order valence-corrected chi connectivity index (χ0v) is 13.5. The van der Waals surface area contributed by atoms with Crippen molar-refractivity contribution in [3.05, 3.63) is 42.1 Å². The Balaban J connectivity index is 1.75. The lowest BCUT2D eigenvalue weighted by atomic mass is 9.86. The number of aromatic nitrogens is 2. The number of nitrogens with zero attached hydrogens (tertiary/aromatic N) is 4. The molecule has 7 heteroatoms. The van der Waals surface area contributed by atoms with Gasteiger partial charge >= 0.3 is 0 Å². The summed E-state index contributed by atoms with van der Waals surface area (Å²) in [6, 6.07) is 11.1. The van der Waals surface area contributed by atoms with Crippen LogP contribution in [0, 0.1) is 11.3 Å². The van der Waals surface area contributed by atoms with Gasteiger partial charge in [-0.25, -0.2) is 0 Å². The molecule has 0 saturated heterocycles. The molecule has 0 spiro atoms. The van der Waals surface area contributed by atoms with Gasteiger partial charge in [-0.05, 0) is 25.5 Å². The molecule has 3 rings (SSSR count). The summed E-state index contributed by atoms with van der Waals surface area (Å²) >= 11 is 0. The lowest BCUT2D eigenvalue weighted by Crippen LogP contribution is -2.40. The van der Waals surface area contributed by atoms with E-state index in [2.05, 4.69) is 10.4 Å². The van der Waals surface area contributed by atoms with Crippen LogP contribution in [0.25, 0.3) is 0 Å². The van der Waals surface area contributed by atoms with Crippen LogP contribution in [0.1, 0.15) is 19.4 Å². The van der Waals surface area contributed by atoms with E-state index in [4.69, 9.17) is 5.26 Å². The lowest BCUT2D eigenvalue weighted by molar-refractivity contribution is -0.124. The molecule has 24 heavy (non-hydrogen) atoms. The molecule has 0 bridgehead atoms. The highest BCUT2D eigenvalue weighted by molar-refractivity contribution is 6.11. The van der Waals surface area contributed by atoms with Gasteiger partial charge in [0.1, 0.15) is 13.1 Å². The van der Waals surface area contributed by atoms with Gasteiger partial charge in [0, 0.05) is 18.0 Å². The SMILES string of the molecule is CC1(C)C(=O)N(CC(=O)Nc2ccn(CC#N)n2)c2ccccc21. The molecule has 0 radical (unpaired) electrons. The topological polar surface area (TPSA) is 91.0 Å². The molecule has 7 nitrogen and oxygen atoms in total. The number of fused-ring (bicyclic) bond motifs is 1. The van der Waals surface area contributed by atoms with Crippen LogP contribution in [0.2, 0.25) is 0 Å². The molecule has 2 amide bonds. The predicted molar refractivity (Wildman–Crippen MR) is 88.3 cm³/mol. The molecule has 1 N–H and O–H groups in total. The van der Waals surface area contributed by atoms with Crippen LogP contribution in [-0.2, 0) is 21.5 Å². The van der Waals surface area contributed by atoms with Crippen LogP contribution < -0.4 is 10.2 Å². The Bertz CT molecular complexity index is 847. The van der Waals surface area contributed by atoms with Crippen molar-refractivity contribution >= 4 is 23.3 Å². The largest absolute Gasteiger partial charge is 0.308 e. The van der Waals surface area contributed by atoms with E-state index < -0.39 is 5.41 Å². The number of rotatable bonds is 4. The maximum absolute atomic E-state index is 12.7. The van der Waals surface area contributed by atoms with E-state index in [0.29, 0.717) is 5.82 Å². The van der Waals surface area contributed by atoms with Gasteiger partial charge in [-0.3, -0.25) is 14.3 Å². The summed E-state index contributed by atoms with van der Waals surface area (Å²) in [5, 5.41) is 15.3. The van der Waals surface area contributed by atoms with Crippen LogP contribution >= 0.6 is 0 Å². The number of nitrogens with one attached hydrogen (secondary N) is 1. The average Bonchev–Trinajstić information content (AvgIpc) is 3.05. The molecule has 2 aromatic rings. The van der Waals surface area contributed by atoms with E-state index >= 15 is 0 Å². The lowest BCUT2D eigenvalue weighted by Gasteiger charge is -2.19. The van der Waals surface area contributed by atoms with Crippen molar-refractivity contribution in [3.63, 3.8) is 0 Å². The number of para-hydroxylation sites is 1. The summed E-state index contributed by atoms with van der Waals surface area (Å²) < 4.78 is 1.43. The van der Waals surface area contributed by atoms with Crippen molar-refractivity contribution in [2.45, 2.75) is 25.8 Å². The first-order chi connectivity index (χ1) is 11.4. The van der Waals surface area contributed by atoms with Gasteiger partial charge in [-0.2, -0.15) is 10.4 Å². The molecule has 0 fully saturated rings. The van der Waals surface area contributed by atoms with Gasteiger partial charge in [0.2, 0.25) is 11.8 Å². The molecule has 1 aliphatic rings. The van der Waals surface area contributed by atoms with Crippen LogP contribution in [0.3, 0.4) is 0 Å². The van der Waals surface area contributed by atoms with Crippen LogP contribution in [-0.4, -0.2) is 28.1 Å². The zero-order valence-electron chi connectivity index (χ0n) is 13.5. The minimum absolute atomic E-state index is 0.0790. The van der Waals surface area contributed by atoms with Crippen molar-refractivity contribution in [1.82, 2.24) is 9.78 Å². The Morgan fingerprint density at radius 2 is 2.08 bits per heavy atom. The van der Waals surface area contributed by atoms with Crippen LogP contribution in [0.5, 0.6) is 0 Å². The van der Waals surface area contributed by atoms with Crippen molar-refractivity contribution in [2.75, 3.05) is 16.8 Å². The fourth-order valence-electron chi connectivity index (χ4n) is 2.87. The Morgan fingerprint density at radius 1 is 1.33 bits per heavy atom. The molecule has 0 aliphatic carbocycles. The van der Waals surface area contributed by atoms with Gasteiger partial charge in [-0.1, -0.05) is 18.2 Å². The second kappa shape index (κ2) is 5.81. The van der Waals surface area contributed by atoms with E-state index in [0.717, 1.165) is 11.3 Å². The Morgan fingerprint density at radius 3 is 2.83 bits per heavy atom. The summed E-state index contributed by atoms with van der Waals surface area (Å²) in [6.07, 6.45) is 1.61. The minimum Gasteiger partial charge on any atom is -0.308 e. The second-order valence-corrected chi connectivity index (χ2v) is 6.14. The van der Waals surface area contributed by atoms with E-state index in [1.54, 1.807) is 12.3 Å². The van der Waals surface area contributed by atoms with E-state index in [9.17, 15) is 9.59 Å². The number of nitriles is 1. The third-order valence-electron chi connectivity index (χ3n) is 4.09. The van der Waals surface area contributed by atoms with Gasteiger partial charge in [0.05, 0.1) is 11.5 Å². The number of hydrogen-bond acceptors (Lipinski definition) is 4. The van der Waals surface area contributed by atoms with Crippen LogP contribution in [0.4, 0.5) is 11.5 Å². The van der Waals surface area contributed by atoms with Crippen molar-refractivity contribution in [2.24, 2.45) is 0 Å². The number of anilines is 2. The molecule has 0 atom stereocenters. The number of carbonyl (C=O) groups is 2. The van der Waals surface area contributed by atoms with Crippen molar-refractivity contribution < 1.29 is 9.59 Å². The first kappa shape index (κ1) is 15.7. The van der Waals surface area contributed by atoms with Gasteiger partial charge in [0.15, 0.2) is 5.82 Å². The van der Waals surface area contributed by atoms with Crippen molar-refractivity contribution in [1.29, 1.82) is 5.26 Å². The van der Waals surface area contributed by atoms with E-state index in [1.807, 2.05) is 44.2 Å². The maximum atomic E-state index is 12.7. The number of amides is 2. The minimum atomic E-state index is -0.648. The third kappa shape index (κ3) is 2.63. The molecule has 1 aliphatic heterocycles. The normalized spacial score (nSPS) is 15.0. The van der Waals surface area contributed by atoms with E-state index in [1.165, 1.54) is 9.58 Å². The summed E-state index contributed by atoms with van der Waals surface area (Å²) in [5.41, 5.74) is 1.03. The Hall–Kier alpha value is -3.14. The quantitative estimate of drug-likeness (QED) is 0.926. The number of benzene rings is 1. The molecule has 2 heterocycles.